The summed E-state index contributed by atoms with van der Waals surface area (Å²) in [6, 6.07) is 7.03. The summed E-state index contributed by atoms with van der Waals surface area (Å²) in [6.07, 6.45) is 1.72. The third-order valence-corrected chi connectivity index (χ3v) is 2.00. The topological polar surface area (TPSA) is 49.7 Å². The third-order valence-electron chi connectivity index (χ3n) is 2.00. The maximum atomic E-state index is 11.5. The number of para-hydroxylation sites is 1. The first-order chi connectivity index (χ1) is 7.15. The molecule has 0 aliphatic carbocycles. The number of rotatable bonds is 3. The smallest absolute Gasteiger partial charge is 0.240 e. The third kappa shape index (κ3) is 3.04. The Kier molecular flexibility index (Phi) is 3.77. The van der Waals surface area contributed by atoms with Crippen molar-refractivity contribution in [3.05, 3.63) is 29.8 Å². The van der Waals surface area contributed by atoms with Crippen LogP contribution in [0.1, 0.15) is 5.56 Å². The molecule has 0 radical (unpaired) electrons. The highest BCUT2D eigenvalue weighted by molar-refractivity contribution is 5.80. The van der Waals surface area contributed by atoms with Crippen molar-refractivity contribution < 1.29 is 9.59 Å². The molecule has 0 saturated heterocycles. The SMILES string of the molecule is CN(C)C(=O)Cc1ccccc1N=C=O. The van der Waals surface area contributed by atoms with Crippen LogP contribution in [0.5, 0.6) is 0 Å². The molecule has 0 atom stereocenters. The van der Waals surface area contributed by atoms with E-state index in [0.717, 1.165) is 5.56 Å². The van der Waals surface area contributed by atoms with E-state index >= 15 is 0 Å². The predicted molar refractivity (Wildman–Crippen MR) is 56.6 cm³/mol. The molecular weight excluding hydrogens is 192 g/mol. The molecule has 1 aromatic carbocycles. The van der Waals surface area contributed by atoms with E-state index in [-0.39, 0.29) is 12.3 Å². The first kappa shape index (κ1) is 11.1. The van der Waals surface area contributed by atoms with Gasteiger partial charge >= 0.3 is 0 Å². The van der Waals surface area contributed by atoms with Crippen molar-refractivity contribution in [1.82, 2.24) is 4.90 Å². The molecule has 0 bridgehead atoms. The molecule has 1 rings (SSSR count). The molecule has 0 N–H and O–H groups in total. The Hall–Kier alpha value is -1.93. The predicted octanol–water partition coefficient (Wildman–Crippen LogP) is 1.28. The second-order valence-electron chi connectivity index (χ2n) is 3.30. The molecule has 1 amide bonds. The maximum absolute atomic E-state index is 11.5. The van der Waals surface area contributed by atoms with E-state index in [4.69, 9.17) is 0 Å². The molecule has 0 heterocycles. The minimum Gasteiger partial charge on any atom is -0.349 e. The van der Waals surface area contributed by atoms with Gasteiger partial charge in [-0.1, -0.05) is 18.2 Å². The highest BCUT2D eigenvalue weighted by Gasteiger charge is 2.08. The van der Waals surface area contributed by atoms with Crippen molar-refractivity contribution in [2.75, 3.05) is 14.1 Å². The summed E-state index contributed by atoms with van der Waals surface area (Å²) >= 11 is 0. The largest absolute Gasteiger partial charge is 0.349 e. The van der Waals surface area contributed by atoms with E-state index in [1.807, 2.05) is 6.07 Å². The highest BCUT2D eigenvalue weighted by Crippen LogP contribution is 2.18. The van der Waals surface area contributed by atoms with Gasteiger partial charge in [-0.25, -0.2) is 4.79 Å². The molecule has 15 heavy (non-hydrogen) atoms. The summed E-state index contributed by atoms with van der Waals surface area (Å²) in [4.78, 5) is 26.7. The maximum Gasteiger partial charge on any atom is 0.240 e. The van der Waals surface area contributed by atoms with Crippen LogP contribution < -0.4 is 0 Å². The number of nitrogens with zero attached hydrogens (tertiary/aromatic N) is 2. The molecular formula is C11H12N2O2. The van der Waals surface area contributed by atoms with Gasteiger partial charge in [-0.15, -0.1) is 0 Å². The quantitative estimate of drug-likeness (QED) is 0.550. The van der Waals surface area contributed by atoms with E-state index < -0.39 is 0 Å². The van der Waals surface area contributed by atoms with Gasteiger partial charge in [-0.2, -0.15) is 4.99 Å². The second-order valence-corrected chi connectivity index (χ2v) is 3.30. The van der Waals surface area contributed by atoms with E-state index in [0.29, 0.717) is 5.69 Å². The molecule has 0 spiro atoms. The van der Waals surface area contributed by atoms with Crippen molar-refractivity contribution in [3.63, 3.8) is 0 Å². The molecule has 1 aromatic rings. The number of hydrogen-bond acceptors (Lipinski definition) is 3. The second kappa shape index (κ2) is 5.08. The zero-order valence-corrected chi connectivity index (χ0v) is 8.73. The number of carbonyl (C=O) groups excluding carboxylic acids is 2. The Morgan fingerprint density at radius 2 is 2.07 bits per heavy atom. The van der Waals surface area contributed by atoms with E-state index in [1.165, 1.54) is 11.0 Å². The van der Waals surface area contributed by atoms with Gasteiger partial charge in [0.15, 0.2) is 0 Å². The molecule has 0 aliphatic rings. The summed E-state index contributed by atoms with van der Waals surface area (Å²) in [5.41, 5.74) is 1.24. The Morgan fingerprint density at radius 3 is 2.67 bits per heavy atom. The standard InChI is InChI=1S/C11H12N2O2/c1-13(2)11(15)7-9-5-3-4-6-10(9)12-8-14/h3-6H,7H2,1-2H3. The Labute approximate surface area is 88.2 Å². The lowest BCUT2D eigenvalue weighted by molar-refractivity contribution is -0.127. The summed E-state index contributed by atoms with van der Waals surface area (Å²) < 4.78 is 0. The van der Waals surface area contributed by atoms with Crippen LogP contribution >= 0.6 is 0 Å². The van der Waals surface area contributed by atoms with Crippen molar-refractivity contribution in [2.24, 2.45) is 4.99 Å². The van der Waals surface area contributed by atoms with E-state index in [1.54, 1.807) is 32.3 Å². The normalized spacial score (nSPS) is 9.20. The van der Waals surface area contributed by atoms with Crippen LogP contribution in [0.2, 0.25) is 0 Å². The van der Waals surface area contributed by atoms with Gasteiger partial charge in [0.05, 0.1) is 12.1 Å². The number of benzene rings is 1. The van der Waals surface area contributed by atoms with Crippen LogP contribution in [-0.4, -0.2) is 31.0 Å². The number of carbonyl (C=O) groups is 1. The van der Waals surface area contributed by atoms with Gasteiger partial charge < -0.3 is 4.90 Å². The zero-order chi connectivity index (χ0) is 11.3. The molecule has 0 unspecified atom stereocenters. The fraction of sp³-hybridized carbons (Fsp3) is 0.273. The fourth-order valence-electron chi connectivity index (χ4n) is 1.14. The van der Waals surface area contributed by atoms with Crippen LogP contribution in [-0.2, 0) is 16.0 Å². The Morgan fingerprint density at radius 1 is 1.40 bits per heavy atom. The Balaban J connectivity index is 2.94. The van der Waals surface area contributed by atoms with Crippen molar-refractivity contribution in [3.8, 4) is 0 Å². The molecule has 78 valence electrons. The van der Waals surface area contributed by atoms with Gasteiger partial charge in [0.25, 0.3) is 0 Å². The van der Waals surface area contributed by atoms with Crippen molar-refractivity contribution in [2.45, 2.75) is 6.42 Å². The van der Waals surface area contributed by atoms with Crippen LogP contribution in [0.3, 0.4) is 0 Å². The lowest BCUT2D eigenvalue weighted by Gasteiger charge is -2.10. The minimum absolute atomic E-state index is 0.0245. The molecule has 0 saturated carbocycles. The molecule has 0 aliphatic heterocycles. The summed E-state index contributed by atoms with van der Waals surface area (Å²) in [7, 11) is 3.38. The zero-order valence-electron chi connectivity index (χ0n) is 8.73. The molecule has 4 nitrogen and oxygen atoms in total. The summed E-state index contributed by atoms with van der Waals surface area (Å²) in [5.74, 6) is -0.0245. The Bertz CT molecular complexity index is 407. The molecule has 0 fully saturated rings. The van der Waals surface area contributed by atoms with Crippen LogP contribution in [0.15, 0.2) is 29.3 Å². The lowest BCUT2D eigenvalue weighted by Crippen LogP contribution is -2.23. The first-order valence-corrected chi connectivity index (χ1v) is 4.51. The number of aliphatic imine (C=N–C) groups is 1. The van der Waals surface area contributed by atoms with Crippen molar-refractivity contribution in [1.29, 1.82) is 0 Å². The molecule has 4 heteroatoms. The van der Waals surface area contributed by atoms with Gasteiger partial charge in [0, 0.05) is 14.1 Å². The molecule has 0 aromatic heterocycles. The van der Waals surface area contributed by atoms with Gasteiger partial charge in [0.2, 0.25) is 12.0 Å². The minimum atomic E-state index is -0.0245. The fourth-order valence-corrected chi connectivity index (χ4v) is 1.14. The monoisotopic (exact) mass is 204 g/mol. The highest BCUT2D eigenvalue weighted by atomic mass is 16.2. The summed E-state index contributed by atoms with van der Waals surface area (Å²) in [5, 5.41) is 0. The van der Waals surface area contributed by atoms with Crippen LogP contribution in [0.4, 0.5) is 5.69 Å². The number of amides is 1. The van der Waals surface area contributed by atoms with E-state index in [9.17, 15) is 9.59 Å². The first-order valence-electron chi connectivity index (χ1n) is 4.51. The van der Waals surface area contributed by atoms with Gasteiger partial charge in [0.1, 0.15) is 0 Å². The van der Waals surface area contributed by atoms with Crippen LogP contribution in [0.25, 0.3) is 0 Å². The van der Waals surface area contributed by atoms with Gasteiger partial charge in [-0.3, -0.25) is 4.79 Å². The average molecular weight is 204 g/mol. The summed E-state index contributed by atoms with van der Waals surface area (Å²) in [6.45, 7) is 0. The van der Waals surface area contributed by atoms with E-state index in [2.05, 4.69) is 4.99 Å². The number of likely N-dealkylation sites (N-methyl/N-ethyl adjacent to an activating group) is 1. The number of hydrogen-bond donors (Lipinski definition) is 0. The lowest BCUT2D eigenvalue weighted by atomic mass is 10.1. The van der Waals surface area contributed by atoms with Crippen LogP contribution in [0, 0.1) is 0 Å². The van der Waals surface area contributed by atoms with Gasteiger partial charge in [-0.05, 0) is 11.6 Å². The average Bonchev–Trinajstić information content (AvgIpc) is 2.21. The number of isocyanates is 1. The van der Waals surface area contributed by atoms with Crippen molar-refractivity contribution >= 4 is 17.7 Å².